The summed E-state index contributed by atoms with van der Waals surface area (Å²) in [5, 5.41) is 0. The van der Waals surface area contributed by atoms with E-state index < -0.39 is 7.82 Å². The number of ether oxygens (including phenoxy) is 1. The van der Waals surface area contributed by atoms with Gasteiger partial charge in [-0.1, -0.05) is 56.3 Å². The molecule has 0 heterocycles. The fourth-order valence-corrected chi connectivity index (χ4v) is 2.54. The summed E-state index contributed by atoms with van der Waals surface area (Å²) in [6, 6.07) is 16.8. The molecule has 0 aromatic heterocycles. The third-order valence-electron chi connectivity index (χ3n) is 3.94. The van der Waals surface area contributed by atoms with Gasteiger partial charge in [0.25, 0.3) is 0 Å². The number of para-hydroxylation sites is 1. The molecule has 7 nitrogen and oxygen atoms in total. The zero-order valence-electron chi connectivity index (χ0n) is 16.2. The van der Waals surface area contributed by atoms with E-state index in [1.807, 2.05) is 54.6 Å². The highest BCUT2D eigenvalue weighted by Crippen LogP contribution is 2.25. The van der Waals surface area contributed by atoms with Crippen molar-refractivity contribution >= 4 is 13.6 Å². The number of phosphoric acid groups is 1. The molecule has 0 saturated heterocycles. The van der Waals surface area contributed by atoms with E-state index in [0.29, 0.717) is 23.5 Å². The average Bonchev–Trinajstić information content (AvgIpc) is 2.67. The molecule has 154 valence electrons. The second kappa shape index (κ2) is 12.4. The first-order chi connectivity index (χ1) is 13.3. The first kappa shape index (κ1) is 24.0. The predicted octanol–water partition coefficient (Wildman–Crippen LogP) is 3.10. The van der Waals surface area contributed by atoms with E-state index in [9.17, 15) is 4.79 Å². The van der Waals surface area contributed by atoms with Crippen LogP contribution in [-0.4, -0.2) is 51.6 Å². The molecule has 0 aliphatic carbocycles. The van der Waals surface area contributed by atoms with Crippen molar-refractivity contribution in [2.75, 3.05) is 26.2 Å². The number of benzene rings is 2. The molecule has 0 aliphatic rings. The molecule has 0 bridgehead atoms. The van der Waals surface area contributed by atoms with Crippen LogP contribution in [0.25, 0.3) is 0 Å². The van der Waals surface area contributed by atoms with E-state index in [1.54, 1.807) is 0 Å². The molecule has 2 rings (SSSR count). The zero-order valence-corrected chi connectivity index (χ0v) is 17.1. The topological polar surface area (TPSA) is 107 Å². The number of hydrogen-bond acceptors (Lipinski definition) is 4. The number of ketones is 1. The lowest BCUT2D eigenvalue weighted by Gasteiger charge is -2.18. The molecule has 0 atom stereocenters. The van der Waals surface area contributed by atoms with Crippen LogP contribution in [-0.2, 0) is 4.57 Å². The Balaban J connectivity index is 0.000000696. The quantitative estimate of drug-likeness (QED) is 0.332. The second-order valence-electron chi connectivity index (χ2n) is 5.93. The maximum absolute atomic E-state index is 12.6. The second-order valence-corrected chi connectivity index (χ2v) is 6.96. The van der Waals surface area contributed by atoms with Crippen LogP contribution < -0.4 is 4.74 Å². The lowest BCUT2D eigenvalue weighted by molar-refractivity contribution is 0.103. The third-order valence-corrected chi connectivity index (χ3v) is 3.94. The van der Waals surface area contributed by atoms with Crippen LogP contribution in [0.1, 0.15) is 36.2 Å². The summed E-state index contributed by atoms with van der Waals surface area (Å²) in [6.45, 7) is 8.08. The summed E-state index contributed by atoms with van der Waals surface area (Å²) in [6.07, 6.45) is 0.954. The molecule has 2 aromatic carbocycles. The Labute approximate surface area is 165 Å². The van der Waals surface area contributed by atoms with E-state index in [-0.39, 0.29) is 5.78 Å². The highest BCUT2D eigenvalue weighted by Gasteiger charge is 2.13. The van der Waals surface area contributed by atoms with Crippen LogP contribution in [0.2, 0.25) is 0 Å². The average molecular weight is 409 g/mol. The molecular weight excluding hydrogens is 381 g/mol. The van der Waals surface area contributed by atoms with Crippen molar-refractivity contribution in [2.45, 2.75) is 20.3 Å². The van der Waals surface area contributed by atoms with Gasteiger partial charge in [0, 0.05) is 12.1 Å². The zero-order chi connectivity index (χ0) is 21.0. The van der Waals surface area contributed by atoms with Gasteiger partial charge in [-0.3, -0.25) is 4.79 Å². The molecule has 0 saturated carbocycles. The number of carbonyl (C=O) groups excluding carboxylic acids is 1. The standard InChI is InChI=1S/C20H25NO2.H3O4P/c1-3-21(4-2)15-10-16-23-19-14-9-8-13-18(19)20(22)17-11-6-5-7-12-17;1-5(2,3)4/h5-9,11-14H,3-4,10,15-16H2,1-2H3;(H3,1,2,3,4). The molecule has 0 aliphatic heterocycles. The monoisotopic (exact) mass is 409 g/mol. The number of carbonyl (C=O) groups is 1. The molecule has 28 heavy (non-hydrogen) atoms. The van der Waals surface area contributed by atoms with E-state index in [1.165, 1.54) is 0 Å². The largest absolute Gasteiger partial charge is 0.493 e. The smallest absolute Gasteiger partial charge is 0.466 e. The fourth-order valence-electron chi connectivity index (χ4n) is 2.54. The molecule has 0 unspecified atom stereocenters. The van der Waals surface area contributed by atoms with Crippen molar-refractivity contribution in [3.63, 3.8) is 0 Å². The summed E-state index contributed by atoms with van der Waals surface area (Å²) in [5.74, 6) is 0.672. The molecule has 0 amide bonds. The van der Waals surface area contributed by atoms with Gasteiger partial charge in [-0.05, 0) is 31.6 Å². The highest BCUT2D eigenvalue weighted by atomic mass is 31.2. The van der Waals surface area contributed by atoms with Crippen LogP contribution in [0, 0.1) is 0 Å². The van der Waals surface area contributed by atoms with Crippen molar-refractivity contribution in [3.05, 3.63) is 65.7 Å². The van der Waals surface area contributed by atoms with Crippen molar-refractivity contribution in [1.82, 2.24) is 4.90 Å². The molecule has 0 radical (unpaired) electrons. The molecule has 0 fully saturated rings. The molecule has 3 N–H and O–H groups in total. The summed E-state index contributed by atoms with van der Waals surface area (Å²) < 4.78 is 14.8. The van der Waals surface area contributed by atoms with Crippen molar-refractivity contribution in [2.24, 2.45) is 0 Å². The number of hydrogen-bond donors (Lipinski definition) is 3. The minimum atomic E-state index is -4.64. The van der Waals surface area contributed by atoms with Crippen molar-refractivity contribution in [3.8, 4) is 5.75 Å². The molecule has 2 aromatic rings. The summed E-state index contributed by atoms with van der Waals surface area (Å²) in [4.78, 5) is 36.5. The van der Waals surface area contributed by atoms with Gasteiger partial charge in [0.2, 0.25) is 0 Å². The maximum Gasteiger partial charge on any atom is 0.466 e. The van der Waals surface area contributed by atoms with Gasteiger partial charge >= 0.3 is 7.82 Å². The first-order valence-electron chi connectivity index (χ1n) is 9.08. The highest BCUT2D eigenvalue weighted by molar-refractivity contribution is 7.45. The molecule has 8 heteroatoms. The Hall–Kier alpha value is -2.02. The van der Waals surface area contributed by atoms with Crippen molar-refractivity contribution in [1.29, 1.82) is 0 Å². The lowest BCUT2D eigenvalue weighted by atomic mass is 10.0. The van der Waals surface area contributed by atoms with E-state index in [2.05, 4.69) is 18.7 Å². The van der Waals surface area contributed by atoms with Crippen molar-refractivity contribution < 1.29 is 28.8 Å². The van der Waals surface area contributed by atoms with Gasteiger partial charge in [-0.25, -0.2) is 4.57 Å². The normalized spacial score (nSPS) is 10.9. The Kier molecular flexibility index (Phi) is 10.7. The fraction of sp³-hybridized carbons (Fsp3) is 0.350. The van der Waals surface area contributed by atoms with Gasteiger partial charge in [-0.2, -0.15) is 0 Å². The Bertz CT molecular complexity index is 750. The van der Waals surface area contributed by atoms with Crippen LogP contribution in [0.5, 0.6) is 5.75 Å². The van der Waals surface area contributed by atoms with Crippen LogP contribution in [0.4, 0.5) is 0 Å². The first-order valence-corrected chi connectivity index (χ1v) is 10.6. The SMILES string of the molecule is CCN(CC)CCCOc1ccccc1C(=O)c1ccccc1.O=P(O)(O)O. The van der Waals surface area contributed by atoms with E-state index in [4.69, 9.17) is 24.0 Å². The maximum atomic E-state index is 12.6. The third kappa shape index (κ3) is 9.78. The van der Waals surface area contributed by atoms with E-state index in [0.717, 1.165) is 26.1 Å². The lowest BCUT2D eigenvalue weighted by Crippen LogP contribution is -2.25. The summed E-state index contributed by atoms with van der Waals surface area (Å²) in [5.41, 5.74) is 1.31. The Morgan fingerprint density at radius 1 is 0.964 bits per heavy atom. The summed E-state index contributed by atoms with van der Waals surface area (Å²) in [7, 11) is -4.64. The Morgan fingerprint density at radius 2 is 1.50 bits per heavy atom. The minimum absolute atomic E-state index is 0.00458. The summed E-state index contributed by atoms with van der Waals surface area (Å²) >= 11 is 0. The molecule has 0 spiro atoms. The van der Waals surface area contributed by atoms with Crippen LogP contribution >= 0.6 is 7.82 Å². The van der Waals surface area contributed by atoms with Gasteiger partial charge < -0.3 is 24.3 Å². The minimum Gasteiger partial charge on any atom is -0.493 e. The van der Waals surface area contributed by atoms with Gasteiger partial charge in [-0.15, -0.1) is 0 Å². The van der Waals surface area contributed by atoms with Gasteiger partial charge in [0.05, 0.1) is 12.2 Å². The van der Waals surface area contributed by atoms with Gasteiger partial charge in [0.15, 0.2) is 5.78 Å². The number of nitrogens with zero attached hydrogens (tertiary/aromatic N) is 1. The Morgan fingerprint density at radius 3 is 2.07 bits per heavy atom. The predicted molar refractivity (Wildman–Crippen MR) is 108 cm³/mol. The van der Waals surface area contributed by atoms with Crippen LogP contribution in [0.3, 0.4) is 0 Å². The molecular formula is C20H28NO6P. The van der Waals surface area contributed by atoms with E-state index >= 15 is 0 Å². The van der Waals surface area contributed by atoms with Crippen LogP contribution in [0.15, 0.2) is 54.6 Å². The number of rotatable bonds is 9. The van der Waals surface area contributed by atoms with Gasteiger partial charge in [0.1, 0.15) is 5.75 Å².